The normalized spacial score (nSPS) is 23.7. The van der Waals surface area contributed by atoms with Crippen LogP contribution in [0.15, 0.2) is 33.9 Å². The molecule has 1 atom stereocenters. The third-order valence-corrected chi connectivity index (χ3v) is 8.59. The minimum atomic E-state index is -3.80. The van der Waals surface area contributed by atoms with Crippen LogP contribution in [0.1, 0.15) is 36.8 Å². The largest absolute Gasteiger partial charge is 0.354 e. The topological polar surface area (TPSA) is 66.5 Å². The second kappa shape index (κ2) is 6.72. The molecular weight excluding hydrogens is 380 g/mol. The maximum atomic E-state index is 13.8. The Hall–Kier alpha value is -1.70. The molecule has 1 spiro atoms. The van der Waals surface area contributed by atoms with Crippen LogP contribution in [0.4, 0.5) is 0 Å². The number of hydrogen-bond acceptors (Lipinski definition) is 4. The number of hydrogen-bond donors (Lipinski definition) is 1. The number of thiophene rings is 1. The summed E-state index contributed by atoms with van der Waals surface area (Å²) in [5.74, 6) is -0.143. The van der Waals surface area contributed by atoms with Crippen molar-refractivity contribution in [3.8, 4) is 11.1 Å². The van der Waals surface area contributed by atoms with Crippen molar-refractivity contribution in [3.05, 3.63) is 40.1 Å². The SMILES string of the molecule is Cc1cc(-c2ccsc2)c(S(=O)(=O)N2CCCC23CCCNC3=O)cc1C. The molecule has 2 saturated heterocycles. The molecule has 2 aliphatic rings. The van der Waals surface area contributed by atoms with E-state index in [2.05, 4.69) is 5.32 Å². The molecule has 1 aromatic carbocycles. The van der Waals surface area contributed by atoms with Crippen LogP contribution in [0.3, 0.4) is 0 Å². The van der Waals surface area contributed by atoms with Gasteiger partial charge in [-0.05, 0) is 85.2 Å². The predicted molar refractivity (Wildman–Crippen MR) is 107 cm³/mol. The summed E-state index contributed by atoms with van der Waals surface area (Å²) in [6.45, 7) is 4.94. The fourth-order valence-electron chi connectivity index (χ4n) is 4.31. The van der Waals surface area contributed by atoms with Gasteiger partial charge in [0.1, 0.15) is 5.54 Å². The molecule has 3 heterocycles. The van der Waals surface area contributed by atoms with E-state index in [9.17, 15) is 13.2 Å². The number of rotatable bonds is 3. The molecule has 27 heavy (non-hydrogen) atoms. The van der Waals surface area contributed by atoms with Crippen molar-refractivity contribution in [2.45, 2.75) is 50.0 Å². The van der Waals surface area contributed by atoms with Gasteiger partial charge in [0.05, 0.1) is 4.90 Å². The van der Waals surface area contributed by atoms with Gasteiger partial charge >= 0.3 is 0 Å². The first kappa shape index (κ1) is 18.7. The molecule has 1 unspecified atom stereocenters. The molecule has 5 nitrogen and oxygen atoms in total. The minimum Gasteiger partial charge on any atom is -0.354 e. The number of nitrogens with one attached hydrogen (secondary N) is 1. The van der Waals surface area contributed by atoms with E-state index in [1.54, 1.807) is 17.4 Å². The van der Waals surface area contributed by atoms with Gasteiger partial charge < -0.3 is 5.32 Å². The van der Waals surface area contributed by atoms with E-state index in [4.69, 9.17) is 0 Å². The van der Waals surface area contributed by atoms with Gasteiger partial charge in [-0.3, -0.25) is 4.79 Å². The number of amides is 1. The predicted octanol–water partition coefficient (Wildman–Crippen LogP) is 3.47. The smallest absolute Gasteiger partial charge is 0.244 e. The van der Waals surface area contributed by atoms with Crippen molar-refractivity contribution < 1.29 is 13.2 Å². The molecule has 1 amide bonds. The van der Waals surface area contributed by atoms with Crippen molar-refractivity contribution in [1.29, 1.82) is 0 Å². The number of benzene rings is 1. The van der Waals surface area contributed by atoms with Crippen LogP contribution in [0, 0.1) is 13.8 Å². The number of sulfonamides is 1. The van der Waals surface area contributed by atoms with Crippen molar-refractivity contribution in [3.63, 3.8) is 0 Å². The zero-order chi connectivity index (χ0) is 19.2. The van der Waals surface area contributed by atoms with Crippen LogP contribution in [0.2, 0.25) is 0 Å². The van der Waals surface area contributed by atoms with E-state index in [1.807, 2.05) is 36.7 Å². The van der Waals surface area contributed by atoms with Gasteiger partial charge in [-0.2, -0.15) is 15.6 Å². The maximum absolute atomic E-state index is 13.8. The first-order valence-corrected chi connectivity index (χ1v) is 11.7. The molecule has 7 heteroatoms. The summed E-state index contributed by atoms with van der Waals surface area (Å²) in [4.78, 5) is 13.0. The summed E-state index contributed by atoms with van der Waals surface area (Å²) < 4.78 is 29.0. The van der Waals surface area contributed by atoms with Crippen LogP contribution < -0.4 is 5.32 Å². The first-order valence-electron chi connectivity index (χ1n) is 9.31. The van der Waals surface area contributed by atoms with E-state index < -0.39 is 15.6 Å². The molecule has 144 valence electrons. The Morgan fingerprint density at radius 2 is 1.89 bits per heavy atom. The molecule has 0 aliphatic carbocycles. The Balaban J connectivity index is 1.88. The Morgan fingerprint density at radius 1 is 1.15 bits per heavy atom. The number of carbonyl (C=O) groups excluding carboxylic acids is 1. The summed E-state index contributed by atoms with van der Waals surface area (Å²) in [5.41, 5.74) is 2.69. The number of nitrogens with zero attached hydrogens (tertiary/aromatic N) is 1. The van der Waals surface area contributed by atoms with Gasteiger partial charge in [0.25, 0.3) is 0 Å². The first-order chi connectivity index (χ1) is 12.9. The second-order valence-corrected chi connectivity index (χ2v) is 10.1. The van der Waals surface area contributed by atoms with E-state index in [0.717, 1.165) is 28.7 Å². The molecule has 1 N–H and O–H groups in total. The molecule has 0 saturated carbocycles. The fraction of sp³-hybridized carbons (Fsp3) is 0.450. The third kappa shape index (κ3) is 2.92. The molecule has 0 bridgehead atoms. The Kier molecular flexibility index (Phi) is 4.64. The summed E-state index contributed by atoms with van der Waals surface area (Å²) in [7, 11) is -3.80. The highest BCUT2D eigenvalue weighted by Gasteiger charge is 2.53. The lowest BCUT2D eigenvalue weighted by molar-refractivity contribution is -0.131. The van der Waals surface area contributed by atoms with E-state index in [1.165, 1.54) is 4.31 Å². The highest BCUT2D eigenvalue weighted by atomic mass is 32.2. The van der Waals surface area contributed by atoms with Crippen molar-refractivity contribution >= 4 is 27.3 Å². The van der Waals surface area contributed by atoms with Crippen LogP contribution in [-0.2, 0) is 14.8 Å². The Bertz CT molecular complexity index is 983. The van der Waals surface area contributed by atoms with E-state index in [0.29, 0.717) is 37.2 Å². The molecule has 0 radical (unpaired) electrons. The monoisotopic (exact) mass is 404 g/mol. The summed E-state index contributed by atoms with van der Waals surface area (Å²) in [6, 6.07) is 5.67. The number of carbonyl (C=O) groups is 1. The van der Waals surface area contributed by atoms with Gasteiger partial charge in [0, 0.05) is 18.7 Å². The lowest BCUT2D eigenvalue weighted by atomic mass is 9.88. The van der Waals surface area contributed by atoms with Gasteiger partial charge in [0.15, 0.2) is 0 Å². The summed E-state index contributed by atoms with van der Waals surface area (Å²) >= 11 is 1.55. The van der Waals surface area contributed by atoms with Gasteiger partial charge in [-0.15, -0.1) is 0 Å². The van der Waals surface area contributed by atoms with Gasteiger partial charge in [-0.25, -0.2) is 8.42 Å². The highest BCUT2D eigenvalue weighted by Crippen LogP contribution is 2.42. The van der Waals surface area contributed by atoms with Crippen LogP contribution >= 0.6 is 11.3 Å². The zero-order valence-corrected chi connectivity index (χ0v) is 17.3. The standard InChI is InChI=1S/C20H24N2O3S2/c1-14-11-17(16-5-10-26-13-16)18(12-15(14)2)27(24,25)22-9-4-7-20(22)6-3-8-21-19(20)23/h5,10-13H,3-4,6-9H2,1-2H3,(H,21,23). The van der Waals surface area contributed by atoms with Crippen molar-refractivity contribution in [1.82, 2.24) is 9.62 Å². The molecule has 2 aromatic rings. The van der Waals surface area contributed by atoms with Crippen LogP contribution in [0.25, 0.3) is 11.1 Å². The summed E-state index contributed by atoms with van der Waals surface area (Å²) in [5, 5.41) is 6.81. The van der Waals surface area contributed by atoms with Crippen LogP contribution in [-0.4, -0.2) is 37.3 Å². The third-order valence-electron chi connectivity index (χ3n) is 5.90. The Labute approximate surface area is 164 Å². The van der Waals surface area contributed by atoms with Gasteiger partial charge in [0.2, 0.25) is 15.9 Å². The number of aryl methyl sites for hydroxylation is 2. The quantitative estimate of drug-likeness (QED) is 0.852. The zero-order valence-electron chi connectivity index (χ0n) is 15.6. The summed E-state index contributed by atoms with van der Waals surface area (Å²) in [6.07, 6.45) is 2.71. The van der Waals surface area contributed by atoms with Crippen molar-refractivity contribution in [2.24, 2.45) is 0 Å². The average molecular weight is 405 g/mol. The maximum Gasteiger partial charge on any atom is 0.244 e. The molecular formula is C20H24N2O3S2. The second-order valence-electron chi connectivity index (χ2n) is 7.52. The van der Waals surface area contributed by atoms with Gasteiger partial charge in [-0.1, -0.05) is 0 Å². The molecule has 1 aromatic heterocycles. The van der Waals surface area contributed by atoms with E-state index >= 15 is 0 Å². The van der Waals surface area contributed by atoms with Crippen molar-refractivity contribution in [2.75, 3.05) is 13.1 Å². The molecule has 2 aliphatic heterocycles. The number of piperidine rings is 1. The average Bonchev–Trinajstić information content (AvgIpc) is 3.30. The fourth-order valence-corrected chi connectivity index (χ4v) is 7.08. The van der Waals surface area contributed by atoms with Crippen LogP contribution in [0.5, 0.6) is 0 Å². The minimum absolute atomic E-state index is 0.143. The highest BCUT2D eigenvalue weighted by molar-refractivity contribution is 7.89. The lowest BCUT2D eigenvalue weighted by Crippen LogP contribution is -2.60. The Morgan fingerprint density at radius 3 is 2.59 bits per heavy atom. The molecule has 4 rings (SSSR count). The molecule has 2 fully saturated rings. The lowest BCUT2D eigenvalue weighted by Gasteiger charge is -2.39. The van der Waals surface area contributed by atoms with E-state index in [-0.39, 0.29) is 5.91 Å².